The van der Waals surface area contributed by atoms with Crippen molar-refractivity contribution in [1.29, 1.82) is 0 Å². The van der Waals surface area contributed by atoms with E-state index in [9.17, 15) is 9.18 Å². The Labute approximate surface area is 195 Å². The van der Waals surface area contributed by atoms with Crippen LogP contribution < -0.4 is 23.7 Å². The van der Waals surface area contributed by atoms with Gasteiger partial charge in [-0.2, -0.15) is 0 Å². The van der Waals surface area contributed by atoms with Crippen LogP contribution in [-0.4, -0.2) is 27.1 Å². The Morgan fingerprint density at radius 3 is 2.39 bits per heavy atom. The first-order valence-corrected chi connectivity index (χ1v) is 10.3. The molecule has 0 saturated heterocycles. The summed E-state index contributed by atoms with van der Waals surface area (Å²) in [7, 11) is 4.56. The van der Waals surface area contributed by atoms with Crippen LogP contribution >= 0.6 is 11.6 Å². The van der Waals surface area contributed by atoms with Gasteiger partial charge in [0.15, 0.2) is 17.3 Å². The van der Waals surface area contributed by atoms with Crippen molar-refractivity contribution in [3.8, 4) is 28.7 Å². The highest BCUT2D eigenvalue weighted by Gasteiger charge is 2.28. The predicted octanol–water partition coefficient (Wildman–Crippen LogP) is 5.70. The van der Waals surface area contributed by atoms with E-state index in [0.717, 1.165) is 0 Å². The van der Waals surface area contributed by atoms with E-state index < -0.39 is 5.82 Å². The van der Waals surface area contributed by atoms with Gasteiger partial charge in [0.05, 0.1) is 31.9 Å². The minimum atomic E-state index is -0.454. The van der Waals surface area contributed by atoms with Gasteiger partial charge in [-0.25, -0.2) is 4.39 Å². The van der Waals surface area contributed by atoms with Crippen molar-refractivity contribution in [3.05, 3.63) is 81.8 Å². The quantitative estimate of drug-likeness (QED) is 0.413. The van der Waals surface area contributed by atoms with Gasteiger partial charge in [0.1, 0.15) is 29.7 Å². The maximum absolute atomic E-state index is 14.0. The topological polar surface area (TPSA) is 63.2 Å². The highest BCUT2D eigenvalue weighted by atomic mass is 35.5. The molecule has 0 fully saturated rings. The molecule has 1 heterocycles. The number of methoxy groups -OCH3 is 3. The number of fused-ring (bicyclic) bond motifs is 1. The fourth-order valence-electron chi connectivity index (χ4n) is 3.39. The van der Waals surface area contributed by atoms with E-state index in [1.54, 1.807) is 42.5 Å². The zero-order chi connectivity index (χ0) is 23.5. The van der Waals surface area contributed by atoms with Crippen LogP contribution in [0.15, 0.2) is 54.3 Å². The van der Waals surface area contributed by atoms with E-state index >= 15 is 0 Å². The molecule has 1 aliphatic rings. The highest BCUT2D eigenvalue weighted by molar-refractivity contribution is 6.31. The van der Waals surface area contributed by atoms with Crippen molar-refractivity contribution < 1.29 is 32.9 Å². The number of ether oxygens (including phenoxy) is 5. The summed E-state index contributed by atoms with van der Waals surface area (Å²) in [6.07, 6.45) is 1.57. The molecule has 0 saturated carbocycles. The number of ketones is 1. The van der Waals surface area contributed by atoms with E-state index in [2.05, 4.69) is 0 Å². The molecule has 0 spiro atoms. The number of carbonyl (C=O) groups is 1. The molecular formula is C25H20ClFO6. The fraction of sp³-hybridized carbons (Fsp3) is 0.160. The van der Waals surface area contributed by atoms with Crippen molar-refractivity contribution in [2.45, 2.75) is 6.61 Å². The Balaban J connectivity index is 1.58. The smallest absolute Gasteiger partial charge is 0.231 e. The van der Waals surface area contributed by atoms with Gasteiger partial charge < -0.3 is 23.7 Å². The summed E-state index contributed by atoms with van der Waals surface area (Å²) in [5.74, 6) is 1.58. The highest BCUT2D eigenvalue weighted by Crippen LogP contribution is 2.39. The van der Waals surface area contributed by atoms with Crippen LogP contribution in [0.3, 0.4) is 0 Å². The van der Waals surface area contributed by atoms with E-state index in [-0.39, 0.29) is 28.7 Å². The van der Waals surface area contributed by atoms with Crippen LogP contribution in [0.1, 0.15) is 21.5 Å². The number of Topliss-reactive ketones (excluding diaryl/α,β-unsaturated/α-hetero) is 1. The van der Waals surface area contributed by atoms with E-state index in [0.29, 0.717) is 39.9 Å². The van der Waals surface area contributed by atoms with Gasteiger partial charge in [0.2, 0.25) is 5.78 Å². The number of allylic oxidation sites excluding steroid dienone is 1. The summed E-state index contributed by atoms with van der Waals surface area (Å²) in [5.41, 5.74) is 1.21. The molecular weight excluding hydrogens is 451 g/mol. The third-order valence-electron chi connectivity index (χ3n) is 5.11. The SMILES string of the molecule is COc1cc(OC)c(OC)cc1C=C1Oc2cc(OCc3c(F)cccc3Cl)ccc2C1=O. The Morgan fingerprint density at radius 1 is 0.970 bits per heavy atom. The van der Waals surface area contributed by atoms with Gasteiger partial charge in [0, 0.05) is 23.3 Å². The molecule has 0 amide bonds. The maximum Gasteiger partial charge on any atom is 0.231 e. The van der Waals surface area contributed by atoms with Crippen LogP contribution in [0, 0.1) is 5.82 Å². The number of hydrogen-bond donors (Lipinski definition) is 0. The molecule has 33 heavy (non-hydrogen) atoms. The van der Waals surface area contributed by atoms with Crippen LogP contribution in [-0.2, 0) is 6.61 Å². The van der Waals surface area contributed by atoms with Crippen LogP contribution in [0.25, 0.3) is 6.08 Å². The van der Waals surface area contributed by atoms with Gasteiger partial charge in [-0.3, -0.25) is 4.79 Å². The maximum atomic E-state index is 14.0. The molecule has 6 nitrogen and oxygen atoms in total. The lowest BCUT2D eigenvalue weighted by Gasteiger charge is -2.12. The zero-order valence-electron chi connectivity index (χ0n) is 18.1. The first-order valence-electron chi connectivity index (χ1n) is 9.89. The molecule has 0 unspecified atom stereocenters. The monoisotopic (exact) mass is 470 g/mol. The third kappa shape index (κ3) is 4.45. The fourth-order valence-corrected chi connectivity index (χ4v) is 3.61. The molecule has 0 aliphatic carbocycles. The summed E-state index contributed by atoms with van der Waals surface area (Å²) >= 11 is 6.05. The average molecular weight is 471 g/mol. The second kappa shape index (κ2) is 9.42. The molecule has 1 aliphatic heterocycles. The van der Waals surface area contributed by atoms with E-state index in [1.807, 2.05) is 0 Å². The van der Waals surface area contributed by atoms with Crippen molar-refractivity contribution in [3.63, 3.8) is 0 Å². The third-order valence-corrected chi connectivity index (χ3v) is 5.46. The zero-order valence-corrected chi connectivity index (χ0v) is 18.9. The van der Waals surface area contributed by atoms with Crippen molar-refractivity contribution in [2.75, 3.05) is 21.3 Å². The van der Waals surface area contributed by atoms with E-state index in [4.69, 9.17) is 35.3 Å². The van der Waals surface area contributed by atoms with Gasteiger partial charge in [0.25, 0.3) is 0 Å². The largest absolute Gasteiger partial charge is 0.496 e. The molecule has 170 valence electrons. The second-order valence-corrected chi connectivity index (χ2v) is 7.44. The van der Waals surface area contributed by atoms with Gasteiger partial charge in [-0.15, -0.1) is 0 Å². The molecule has 3 aromatic carbocycles. The average Bonchev–Trinajstić information content (AvgIpc) is 3.12. The van der Waals surface area contributed by atoms with E-state index in [1.165, 1.54) is 33.5 Å². The van der Waals surface area contributed by atoms with Gasteiger partial charge >= 0.3 is 0 Å². The normalized spacial score (nSPS) is 13.5. The van der Waals surface area contributed by atoms with Crippen LogP contribution in [0.4, 0.5) is 4.39 Å². The summed E-state index contributed by atoms with van der Waals surface area (Å²) in [6, 6.07) is 12.6. The minimum absolute atomic E-state index is 0.0657. The molecule has 4 rings (SSSR count). The van der Waals surface area contributed by atoms with Crippen LogP contribution in [0.2, 0.25) is 5.02 Å². The first kappa shape index (κ1) is 22.5. The number of hydrogen-bond acceptors (Lipinski definition) is 6. The number of rotatable bonds is 7. The molecule has 0 bridgehead atoms. The van der Waals surface area contributed by atoms with Crippen molar-refractivity contribution in [2.24, 2.45) is 0 Å². The Kier molecular flexibility index (Phi) is 6.42. The number of benzene rings is 3. The van der Waals surface area contributed by atoms with Gasteiger partial charge in [-0.05, 0) is 36.4 Å². The number of halogens is 2. The summed E-state index contributed by atoms with van der Waals surface area (Å²) in [4.78, 5) is 12.9. The minimum Gasteiger partial charge on any atom is -0.496 e. The lowest BCUT2D eigenvalue weighted by atomic mass is 10.1. The van der Waals surface area contributed by atoms with Crippen molar-refractivity contribution in [1.82, 2.24) is 0 Å². The molecule has 0 atom stereocenters. The van der Waals surface area contributed by atoms with Crippen LogP contribution in [0.5, 0.6) is 28.7 Å². The van der Waals surface area contributed by atoms with Crippen molar-refractivity contribution >= 4 is 23.5 Å². The number of carbonyl (C=O) groups excluding carboxylic acids is 1. The summed E-state index contributed by atoms with van der Waals surface area (Å²) in [5, 5.41) is 0.275. The summed E-state index contributed by atoms with van der Waals surface area (Å²) in [6.45, 7) is -0.0657. The second-order valence-electron chi connectivity index (χ2n) is 7.04. The summed E-state index contributed by atoms with van der Waals surface area (Å²) < 4.78 is 41.5. The Hall–Kier alpha value is -3.71. The molecule has 0 aromatic heterocycles. The lowest BCUT2D eigenvalue weighted by Crippen LogP contribution is -2.00. The Morgan fingerprint density at radius 2 is 1.70 bits per heavy atom. The first-order chi connectivity index (χ1) is 15.9. The van der Waals surface area contributed by atoms with Gasteiger partial charge in [-0.1, -0.05) is 17.7 Å². The molecule has 0 radical (unpaired) electrons. The standard InChI is InChI=1S/C25H20ClFO6/c1-29-20-12-23(31-3)22(30-2)9-14(20)10-24-25(28)16-8-7-15(11-21(16)33-24)32-13-17-18(26)5-4-6-19(17)27/h4-12H,13H2,1-3H3. The molecule has 0 N–H and O–H groups in total. The Bertz CT molecular complexity index is 1230. The lowest BCUT2D eigenvalue weighted by molar-refractivity contribution is 0.101. The molecule has 3 aromatic rings. The predicted molar refractivity (Wildman–Crippen MR) is 121 cm³/mol. The molecule has 8 heteroatoms.